The first kappa shape index (κ1) is 16.7. The second-order valence-corrected chi connectivity index (χ2v) is 5.44. The van der Waals surface area contributed by atoms with Crippen molar-refractivity contribution in [2.45, 2.75) is 0 Å². The van der Waals surface area contributed by atoms with E-state index in [-0.39, 0.29) is 22.3 Å². The van der Waals surface area contributed by atoms with E-state index in [4.69, 9.17) is 21.1 Å². The molecule has 0 bridgehead atoms. The van der Waals surface area contributed by atoms with Crippen LogP contribution >= 0.6 is 11.6 Å². The van der Waals surface area contributed by atoms with Gasteiger partial charge < -0.3 is 9.47 Å². The number of cyclic esters (lactones) is 1. The molecule has 0 unspecified atom stereocenters. The van der Waals surface area contributed by atoms with Crippen molar-refractivity contribution in [1.82, 2.24) is 0 Å². The second kappa shape index (κ2) is 6.74. The highest BCUT2D eigenvalue weighted by Gasteiger charge is 2.26. The Morgan fingerprint density at radius 1 is 1.28 bits per heavy atom. The Balaban J connectivity index is 1.95. The third-order valence-electron chi connectivity index (χ3n) is 3.41. The zero-order chi connectivity index (χ0) is 18.0. The van der Waals surface area contributed by atoms with E-state index in [1.165, 1.54) is 18.2 Å². The van der Waals surface area contributed by atoms with Gasteiger partial charge in [0.05, 0.1) is 22.6 Å². The summed E-state index contributed by atoms with van der Waals surface area (Å²) in [6.07, 6.45) is 1.55. The number of esters is 1. The maximum Gasteiger partial charge on any atom is 0.363 e. The van der Waals surface area contributed by atoms with Crippen LogP contribution in [0.25, 0.3) is 6.08 Å². The summed E-state index contributed by atoms with van der Waals surface area (Å²) in [5.74, 6) is 0.00890. The van der Waals surface area contributed by atoms with Crippen LogP contribution in [0, 0.1) is 10.1 Å². The predicted molar refractivity (Wildman–Crippen MR) is 91.7 cm³/mol. The van der Waals surface area contributed by atoms with E-state index in [2.05, 4.69) is 4.99 Å². The Bertz CT molecular complexity index is 936. The largest absolute Gasteiger partial charge is 0.497 e. The number of ether oxygens (including phenoxy) is 2. The number of halogens is 1. The smallest absolute Gasteiger partial charge is 0.363 e. The monoisotopic (exact) mass is 358 g/mol. The second-order valence-electron chi connectivity index (χ2n) is 5.03. The van der Waals surface area contributed by atoms with E-state index in [9.17, 15) is 14.9 Å². The van der Waals surface area contributed by atoms with Crippen LogP contribution in [0.2, 0.25) is 5.02 Å². The van der Waals surface area contributed by atoms with Gasteiger partial charge >= 0.3 is 5.97 Å². The van der Waals surface area contributed by atoms with Gasteiger partial charge in [-0.1, -0.05) is 23.7 Å². The normalized spacial score (nSPS) is 15.0. The minimum Gasteiger partial charge on any atom is -0.497 e. The van der Waals surface area contributed by atoms with Crippen LogP contribution in [0.15, 0.2) is 53.2 Å². The molecule has 0 fully saturated rings. The zero-order valence-corrected chi connectivity index (χ0v) is 13.7. The first-order chi connectivity index (χ1) is 12.0. The molecule has 25 heavy (non-hydrogen) atoms. The maximum absolute atomic E-state index is 12.0. The Labute approximate surface area is 147 Å². The summed E-state index contributed by atoms with van der Waals surface area (Å²) in [6, 6.07) is 10.9. The number of non-ortho nitro benzene ring substituents is 1. The molecule has 0 radical (unpaired) electrons. The van der Waals surface area contributed by atoms with Crippen LogP contribution in [0.5, 0.6) is 5.75 Å². The molecule has 8 heteroatoms. The number of hydrogen-bond acceptors (Lipinski definition) is 6. The van der Waals surface area contributed by atoms with Crippen molar-refractivity contribution >= 4 is 35.2 Å². The average molecular weight is 359 g/mol. The van der Waals surface area contributed by atoms with Crippen molar-refractivity contribution in [3.8, 4) is 5.75 Å². The third kappa shape index (κ3) is 3.51. The summed E-state index contributed by atoms with van der Waals surface area (Å²) in [5.41, 5.74) is 0.948. The molecule has 2 aromatic carbocycles. The highest BCUT2D eigenvalue weighted by molar-refractivity contribution is 6.34. The van der Waals surface area contributed by atoms with E-state index >= 15 is 0 Å². The van der Waals surface area contributed by atoms with Gasteiger partial charge in [-0.2, -0.15) is 0 Å². The van der Waals surface area contributed by atoms with Gasteiger partial charge in [0.2, 0.25) is 5.90 Å². The third-order valence-corrected chi connectivity index (χ3v) is 3.72. The number of nitrogens with zero attached hydrogens (tertiary/aromatic N) is 2. The highest BCUT2D eigenvalue weighted by atomic mass is 35.5. The molecule has 1 heterocycles. The summed E-state index contributed by atoms with van der Waals surface area (Å²) in [7, 11) is 1.54. The molecule has 0 atom stereocenters. The Hall–Kier alpha value is -3.19. The molecule has 0 amide bonds. The molecule has 1 aliphatic heterocycles. The van der Waals surface area contributed by atoms with Gasteiger partial charge in [0.25, 0.3) is 5.69 Å². The summed E-state index contributed by atoms with van der Waals surface area (Å²) < 4.78 is 10.3. The molecular formula is C17H11ClN2O5. The van der Waals surface area contributed by atoms with Crippen molar-refractivity contribution in [3.63, 3.8) is 0 Å². The van der Waals surface area contributed by atoms with Crippen LogP contribution < -0.4 is 4.74 Å². The van der Waals surface area contributed by atoms with Crippen LogP contribution in [-0.4, -0.2) is 23.9 Å². The quantitative estimate of drug-likeness (QED) is 0.360. The van der Waals surface area contributed by atoms with Crippen molar-refractivity contribution in [2.75, 3.05) is 7.11 Å². The molecule has 7 nitrogen and oxygen atoms in total. The van der Waals surface area contributed by atoms with Crippen molar-refractivity contribution in [3.05, 3.63) is 74.4 Å². The van der Waals surface area contributed by atoms with E-state index in [1.54, 1.807) is 37.5 Å². The lowest BCUT2D eigenvalue weighted by molar-refractivity contribution is -0.384. The van der Waals surface area contributed by atoms with Gasteiger partial charge in [-0.3, -0.25) is 10.1 Å². The fraction of sp³-hybridized carbons (Fsp3) is 0.0588. The van der Waals surface area contributed by atoms with Gasteiger partial charge in [-0.15, -0.1) is 0 Å². The van der Waals surface area contributed by atoms with E-state index < -0.39 is 10.9 Å². The van der Waals surface area contributed by atoms with Crippen molar-refractivity contribution < 1.29 is 19.2 Å². The number of methoxy groups -OCH3 is 1. The molecule has 0 N–H and O–H groups in total. The molecule has 0 spiro atoms. The maximum atomic E-state index is 12.0. The van der Waals surface area contributed by atoms with Crippen LogP contribution in [0.3, 0.4) is 0 Å². The summed E-state index contributed by atoms with van der Waals surface area (Å²) in [5, 5.41) is 10.8. The summed E-state index contributed by atoms with van der Waals surface area (Å²) in [4.78, 5) is 26.3. The molecule has 126 valence electrons. The highest BCUT2D eigenvalue weighted by Crippen LogP contribution is 2.27. The fourth-order valence-corrected chi connectivity index (χ4v) is 2.46. The molecule has 0 aromatic heterocycles. The van der Waals surface area contributed by atoms with Crippen molar-refractivity contribution in [1.29, 1.82) is 0 Å². The van der Waals surface area contributed by atoms with Crippen molar-refractivity contribution in [2.24, 2.45) is 4.99 Å². The molecule has 2 aromatic rings. The zero-order valence-electron chi connectivity index (χ0n) is 12.9. The first-order valence-corrected chi connectivity index (χ1v) is 7.46. The molecule has 0 saturated carbocycles. The van der Waals surface area contributed by atoms with Crippen LogP contribution in [0.1, 0.15) is 11.1 Å². The number of carbonyl (C=O) groups is 1. The van der Waals surface area contributed by atoms with E-state index in [0.717, 1.165) is 0 Å². The SMILES string of the molecule is COc1cccc(/C=C2\N=C(c3ccc([N+](=O)[O-])cc3Cl)OC2=O)c1. The lowest BCUT2D eigenvalue weighted by Gasteiger charge is -2.02. The van der Waals surface area contributed by atoms with E-state index in [0.29, 0.717) is 16.9 Å². The van der Waals surface area contributed by atoms with Gasteiger partial charge in [0.1, 0.15) is 5.75 Å². The first-order valence-electron chi connectivity index (χ1n) is 7.09. The Morgan fingerprint density at radius 3 is 2.76 bits per heavy atom. The Kier molecular flexibility index (Phi) is 4.49. The van der Waals surface area contributed by atoms with Gasteiger partial charge in [0, 0.05) is 12.1 Å². The van der Waals surface area contributed by atoms with Crippen LogP contribution in [-0.2, 0) is 9.53 Å². The number of hydrogen-bond donors (Lipinski definition) is 0. The number of nitro groups is 1. The number of carbonyl (C=O) groups excluding carboxylic acids is 1. The molecule has 1 aliphatic rings. The van der Waals surface area contributed by atoms with Gasteiger partial charge in [-0.05, 0) is 29.8 Å². The topological polar surface area (TPSA) is 91.0 Å². The van der Waals surface area contributed by atoms with E-state index in [1.807, 2.05) is 0 Å². The lowest BCUT2D eigenvalue weighted by Crippen LogP contribution is -2.06. The average Bonchev–Trinajstić information content (AvgIpc) is 2.95. The minimum absolute atomic E-state index is 0.000885. The van der Waals surface area contributed by atoms with Crippen LogP contribution in [0.4, 0.5) is 5.69 Å². The minimum atomic E-state index is -0.632. The standard InChI is InChI=1S/C17H11ClN2O5/c1-24-12-4-2-3-10(7-12)8-15-17(21)25-16(19-15)13-6-5-11(20(22)23)9-14(13)18/h2-9H,1H3/b15-8-. The number of benzene rings is 2. The van der Waals surface area contributed by atoms with Gasteiger partial charge in [0.15, 0.2) is 5.70 Å². The van der Waals surface area contributed by atoms with Gasteiger partial charge in [-0.25, -0.2) is 9.79 Å². The summed E-state index contributed by atoms with van der Waals surface area (Å²) in [6.45, 7) is 0. The molecular weight excluding hydrogens is 348 g/mol. The predicted octanol–water partition coefficient (Wildman–Crippen LogP) is 3.60. The Morgan fingerprint density at radius 2 is 2.08 bits per heavy atom. The molecule has 0 saturated heterocycles. The molecule has 3 rings (SSSR count). The molecule has 0 aliphatic carbocycles. The number of aliphatic imine (C=N–C) groups is 1. The number of nitro benzene ring substituents is 1. The fourth-order valence-electron chi connectivity index (χ4n) is 2.20. The number of rotatable bonds is 4. The summed E-state index contributed by atoms with van der Waals surface area (Å²) >= 11 is 6.04. The lowest BCUT2D eigenvalue weighted by atomic mass is 10.2.